The average molecular weight is 313 g/mol. The molecule has 120 valence electrons. The average Bonchev–Trinajstić information content (AvgIpc) is 2.58. The highest BCUT2D eigenvalue weighted by Gasteiger charge is 2.26. The van der Waals surface area contributed by atoms with Crippen LogP contribution in [0.5, 0.6) is 0 Å². The molecule has 0 unspecified atom stereocenters. The first-order valence-corrected chi connectivity index (χ1v) is 7.64. The number of anilines is 2. The number of amides is 1. The third-order valence-electron chi connectivity index (χ3n) is 3.99. The van der Waals surface area contributed by atoms with Crippen molar-refractivity contribution in [2.45, 2.75) is 12.8 Å². The lowest BCUT2D eigenvalue weighted by molar-refractivity contribution is -0.120. The van der Waals surface area contributed by atoms with Crippen LogP contribution in [0.4, 0.5) is 11.5 Å². The summed E-state index contributed by atoms with van der Waals surface area (Å²) in [5.74, 6) is 0.612. The summed E-state index contributed by atoms with van der Waals surface area (Å²) < 4.78 is 1.31. The molecule has 0 saturated carbocycles. The van der Waals surface area contributed by atoms with E-state index in [0.717, 1.165) is 25.2 Å². The van der Waals surface area contributed by atoms with Crippen molar-refractivity contribution in [3.63, 3.8) is 0 Å². The molecule has 0 aromatic carbocycles. The molecule has 0 aliphatic carbocycles. The predicted molar refractivity (Wildman–Crippen MR) is 87.3 cm³/mol. The maximum absolute atomic E-state index is 12.4. The van der Waals surface area contributed by atoms with Crippen LogP contribution in [0.25, 0.3) is 0 Å². The summed E-state index contributed by atoms with van der Waals surface area (Å²) in [5.41, 5.74) is 0.562. The molecule has 1 atom stereocenters. The van der Waals surface area contributed by atoms with Gasteiger partial charge >= 0.3 is 0 Å². The second-order valence-corrected chi connectivity index (χ2v) is 5.67. The largest absolute Gasteiger partial charge is 0.354 e. The molecule has 0 spiro atoms. The van der Waals surface area contributed by atoms with Gasteiger partial charge in [-0.3, -0.25) is 14.6 Å². The van der Waals surface area contributed by atoms with Gasteiger partial charge in [-0.15, -0.1) is 0 Å². The minimum absolute atomic E-state index is 0.00693. The second-order valence-electron chi connectivity index (χ2n) is 5.67. The second kappa shape index (κ2) is 6.60. The van der Waals surface area contributed by atoms with E-state index < -0.39 is 0 Å². The molecule has 7 heteroatoms. The first kappa shape index (κ1) is 15.2. The molecular weight excluding hydrogens is 294 g/mol. The van der Waals surface area contributed by atoms with Crippen LogP contribution in [0, 0.1) is 5.92 Å². The van der Waals surface area contributed by atoms with Crippen LogP contribution < -0.4 is 15.8 Å². The van der Waals surface area contributed by atoms with Crippen molar-refractivity contribution >= 4 is 17.4 Å². The van der Waals surface area contributed by atoms with Gasteiger partial charge in [-0.1, -0.05) is 0 Å². The summed E-state index contributed by atoms with van der Waals surface area (Å²) in [4.78, 5) is 29.9. The Balaban J connectivity index is 1.69. The van der Waals surface area contributed by atoms with Gasteiger partial charge in [-0.25, -0.2) is 4.68 Å². The van der Waals surface area contributed by atoms with Crippen molar-refractivity contribution in [2.75, 3.05) is 23.3 Å². The molecule has 1 amide bonds. The van der Waals surface area contributed by atoms with E-state index in [0.29, 0.717) is 12.2 Å². The van der Waals surface area contributed by atoms with Crippen LogP contribution in [0.2, 0.25) is 0 Å². The van der Waals surface area contributed by atoms with Crippen molar-refractivity contribution < 1.29 is 4.79 Å². The van der Waals surface area contributed by atoms with Gasteiger partial charge in [-0.2, -0.15) is 5.10 Å². The molecule has 0 bridgehead atoms. The quantitative estimate of drug-likeness (QED) is 0.915. The van der Waals surface area contributed by atoms with Crippen LogP contribution in [0.15, 0.2) is 41.5 Å². The molecule has 1 N–H and O–H groups in total. The first-order chi connectivity index (χ1) is 11.1. The van der Waals surface area contributed by atoms with E-state index in [9.17, 15) is 9.59 Å². The number of piperidine rings is 1. The maximum atomic E-state index is 12.4. The van der Waals surface area contributed by atoms with Gasteiger partial charge in [0.05, 0.1) is 17.8 Å². The zero-order valence-electron chi connectivity index (χ0n) is 13.0. The summed E-state index contributed by atoms with van der Waals surface area (Å²) in [6.07, 6.45) is 5.06. The molecule has 23 heavy (non-hydrogen) atoms. The Hall–Kier alpha value is -2.70. The molecule has 1 aliphatic rings. The van der Waals surface area contributed by atoms with Crippen LogP contribution in [-0.4, -0.2) is 33.8 Å². The van der Waals surface area contributed by atoms with Crippen LogP contribution in [0.3, 0.4) is 0 Å². The Bertz CT molecular complexity index is 744. The van der Waals surface area contributed by atoms with Crippen LogP contribution >= 0.6 is 0 Å². The normalized spacial score (nSPS) is 17.8. The predicted octanol–water partition coefficient (Wildman–Crippen LogP) is 1.03. The minimum atomic E-state index is -0.142. The number of aryl methyl sites for hydroxylation is 1. The number of nitrogens with zero attached hydrogens (tertiary/aromatic N) is 4. The molecule has 1 aliphatic heterocycles. The van der Waals surface area contributed by atoms with Gasteiger partial charge in [-0.05, 0) is 31.0 Å². The zero-order chi connectivity index (χ0) is 16.2. The van der Waals surface area contributed by atoms with Crippen molar-refractivity contribution in [3.8, 4) is 0 Å². The fourth-order valence-electron chi connectivity index (χ4n) is 2.74. The fraction of sp³-hybridized carbons (Fsp3) is 0.375. The third-order valence-corrected chi connectivity index (χ3v) is 3.99. The van der Waals surface area contributed by atoms with Gasteiger partial charge in [0, 0.05) is 32.4 Å². The SMILES string of the molecule is Cn1nc(N2CCC[C@H](C(=O)Nc3cccnc3)C2)ccc1=O. The Morgan fingerprint density at radius 1 is 1.35 bits per heavy atom. The molecule has 1 fully saturated rings. The first-order valence-electron chi connectivity index (χ1n) is 7.64. The standard InChI is InChI=1S/C16H19N5O2/c1-20-15(22)7-6-14(19-20)21-9-3-4-12(11-21)16(23)18-13-5-2-8-17-10-13/h2,5-8,10,12H,3-4,9,11H2,1H3,(H,18,23)/t12-/m0/s1. The van der Waals surface area contributed by atoms with E-state index >= 15 is 0 Å². The molecule has 2 aromatic heterocycles. The van der Waals surface area contributed by atoms with Gasteiger partial charge in [0.25, 0.3) is 5.56 Å². The lowest BCUT2D eigenvalue weighted by Gasteiger charge is -2.32. The Labute approximate surface area is 134 Å². The number of nitrogens with one attached hydrogen (secondary N) is 1. The number of rotatable bonds is 3. The number of hydrogen-bond donors (Lipinski definition) is 1. The Morgan fingerprint density at radius 2 is 2.22 bits per heavy atom. The highest BCUT2D eigenvalue weighted by atomic mass is 16.2. The van der Waals surface area contributed by atoms with E-state index in [4.69, 9.17) is 0 Å². The van der Waals surface area contributed by atoms with Crippen molar-refractivity contribution in [3.05, 3.63) is 47.0 Å². The van der Waals surface area contributed by atoms with E-state index in [1.54, 1.807) is 31.6 Å². The Kier molecular flexibility index (Phi) is 4.36. The minimum Gasteiger partial charge on any atom is -0.354 e. The molecular formula is C16H19N5O2. The smallest absolute Gasteiger partial charge is 0.266 e. The molecule has 3 heterocycles. The maximum Gasteiger partial charge on any atom is 0.266 e. The number of pyridine rings is 1. The van der Waals surface area contributed by atoms with Crippen molar-refractivity contribution in [1.82, 2.24) is 14.8 Å². The molecule has 1 saturated heterocycles. The lowest BCUT2D eigenvalue weighted by atomic mass is 9.97. The number of aromatic nitrogens is 3. The summed E-state index contributed by atoms with van der Waals surface area (Å²) in [5, 5.41) is 7.16. The Morgan fingerprint density at radius 3 is 2.96 bits per heavy atom. The van der Waals surface area contributed by atoms with Gasteiger partial charge < -0.3 is 10.2 Å². The van der Waals surface area contributed by atoms with Crippen molar-refractivity contribution in [1.29, 1.82) is 0 Å². The van der Waals surface area contributed by atoms with E-state index in [-0.39, 0.29) is 17.4 Å². The monoisotopic (exact) mass is 313 g/mol. The summed E-state index contributed by atoms with van der Waals surface area (Å²) in [6, 6.07) is 6.82. The number of carbonyl (C=O) groups excluding carboxylic acids is 1. The summed E-state index contributed by atoms with van der Waals surface area (Å²) >= 11 is 0. The highest BCUT2D eigenvalue weighted by Crippen LogP contribution is 2.22. The molecule has 0 radical (unpaired) electrons. The van der Waals surface area contributed by atoms with E-state index in [1.165, 1.54) is 10.7 Å². The van der Waals surface area contributed by atoms with E-state index in [2.05, 4.69) is 20.3 Å². The lowest BCUT2D eigenvalue weighted by Crippen LogP contribution is -2.41. The summed E-state index contributed by atoms with van der Waals surface area (Å²) in [6.45, 7) is 1.43. The molecule has 3 rings (SSSR count). The van der Waals surface area contributed by atoms with Crippen LogP contribution in [0.1, 0.15) is 12.8 Å². The van der Waals surface area contributed by atoms with Gasteiger partial charge in [0.15, 0.2) is 0 Å². The molecule has 7 nitrogen and oxygen atoms in total. The van der Waals surface area contributed by atoms with Crippen molar-refractivity contribution in [2.24, 2.45) is 13.0 Å². The van der Waals surface area contributed by atoms with Gasteiger partial charge in [0.2, 0.25) is 5.91 Å². The molecule has 2 aromatic rings. The number of hydrogen-bond acceptors (Lipinski definition) is 5. The summed E-state index contributed by atoms with van der Waals surface area (Å²) in [7, 11) is 1.63. The van der Waals surface area contributed by atoms with E-state index in [1.807, 2.05) is 6.07 Å². The zero-order valence-corrected chi connectivity index (χ0v) is 13.0. The van der Waals surface area contributed by atoms with Gasteiger partial charge in [0.1, 0.15) is 5.82 Å². The highest BCUT2D eigenvalue weighted by molar-refractivity contribution is 5.92. The fourth-order valence-corrected chi connectivity index (χ4v) is 2.74. The third kappa shape index (κ3) is 3.56. The van der Waals surface area contributed by atoms with Crippen LogP contribution in [-0.2, 0) is 11.8 Å². The number of carbonyl (C=O) groups is 1. The topological polar surface area (TPSA) is 80.1 Å².